The van der Waals surface area contributed by atoms with Gasteiger partial charge in [0.15, 0.2) is 0 Å². The highest BCUT2D eigenvalue weighted by Crippen LogP contribution is 2.17. The van der Waals surface area contributed by atoms with Gasteiger partial charge >= 0.3 is 0 Å². The van der Waals surface area contributed by atoms with Gasteiger partial charge in [-0.1, -0.05) is 6.07 Å². The second-order valence-corrected chi connectivity index (χ2v) is 4.33. The standard InChI is InChI=1S/C7H8O3S2/c1-5-2-3-6(4-7(5)11)12(8,9)10/h2-4,11H,1H3,(H,8,9,10). The van der Waals surface area contributed by atoms with Gasteiger partial charge in [-0.15, -0.1) is 12.6 Å². The summed E-state index contributed by atoms with van der Waals surface area (Å²) in [6.07, 6.45) is 0. The van der Waals surface area contributed by atoms with Gasteiger partial charge in [-0.2, -0.15) is 8.42 Å². The van der Waals surface area contributed by atoms with Gasteiger partial charge in [0.2, 0.25) is 0 Å². The van der Waals surface area contributed by atoms with Crippen molar-refractivity contribution in [1.82, 2.24) is 0 Å². The Labute approximate surface area is 76.6 Å². The van der Waals surface area contributed by atoms with Crippen LogP contribution < -0.4 is 0 Å². The molecule has 1 N–H and O–H groups in total. The van der Waals surface area contributed by atoms with E-state index in [2.05, 4.69) is 12.6 Å². The summed E-state index contributed by atoms with van der Waals surface area (Å²) in [7, 11) is -4.09. The summed E-state index contributed by atoms with van der Waals surface area (Å²) in [6.45, 7) is 1.80. The van der Waals surface area contributed by atoms with E-state index in [1.54, 1.807) is 13.0 Å². The monoisotopic (exact) mass is 204 g/mol. The number of thiol groups is 1. The molecule has 12 heavy (non-hydrogen) atoms. The van der Waals surface area contributed by atoms with Crippen molar-refractivity contribution < 1.29 is 13.0 Å². The molecule has 0 bridgehead atoms. The normalized spacial score (nSPS) is 11.6. The molecule has 0 saturated heterocycles. The molecule has 0 aliphatic heterocycles. The van der Waals surface area contributed by atoms with E-state index in [0.29, 0.717) is 4.90 Å². The van der Waals surface area contributed by atoms with Crippen LogP contribution in [0.2, 0.25) is 0 Å². The molecule has 0 atom stereocenters. The molecule has 1 aromatic carbocycles. The molecule has 3 nitrogen and oxygen atoms in total. The zero-order valence-corrected chi connectivity index (χ0v) is 8.06. The molecule has 0 radical (unpaired) electrons. The SMILES string of the molecule is Cc1ccc(S(=O)(=O)O)cc1S. The summed E-state index contributed by atoms with van der Waals surface area (Å²) in [5, 5.41) is 0. The van der Waals surface area contributed by atoms with Crippen LogP contribution in [0.3, 0.4) is 0 Å². The van der Waals surface area contributed by atoms with Gasteiger partial charge in [0.25, 0.3) is 10.1 Å². The molecule has 0 fully saturated rings. The Morgan fingerprint density at radius 2 is 2.00 bits per heavy atom. The minimum absolute atomic E-state index is 0.127. The minimum atomic E-state index is -4.09. The molecule has 0 aliphatic rings. The van der Waals surface area contributed by atoms with Gasteiger partial charge in [-0.25, -0.2) is 0 Å². The predicted molar refractivity (Wildman–Crippen MR) is 48.2 cm³/mol. The van der Waals surface area contributed by atoms with E-state index in [1.165, 1.54) is 12.1 Å². The highest BCUT2D eigenvalue weighted by atomic mass is 32.2. The first-order valence-electron chi connectivity index (χ1n) is 3.18. The molecule has 0 aromatic heterocycles. The topological polar surface area (TPSA) is 54.4 Å². The maximum absolute atomic E-state index is 10.6. The lowest BCUT2D eigenvalue weighted by atomic mass is 10.2. The van der Waals surface area contributed by atoms with Crippen LogP contribution in [0.4, 0.5) is 0 Å². The highest BCUT2D eigenvalue weighted by molar-refractivity contribution is 7.86. The van der Waals surface area contributed by atoms with Crippen LogP contribution in [-0.2, 0) is 10.1 Å². The van der Waals surface area contributed by atoms with Crippen molar-refractivity contribution in [2.45, 2.75) is 16.7 Å². The number of benzene rings is 1. The first-order chi connectivity index (χ1) is 5.41. The van der Waals surface area contributed by atoms with Crippen LogP contribution in [0.15, 0.2) is 28.0 Å². The van der Waals surface area contributed by atoms with Gasteiger partial charge in [0.1, 0.15) is 0 Å². The van der Waals surface area contributed by atoms with Crippen LogP contribution in [-0.4, -0.2) is 13.0 Å². The molecule has 0 unspecified atom stereocenters. The summed E-state index contributed by atoms with van der Waals surface area (Å²) in [4.78, 5) is 0.420. The minimum Gasteiger partial charge on any atom is -0.282 e. The van der Waals surface area contributed by atoms with Crippen molar-refractivity contribution in [1.29, 1.82) is 0 Å². The van der Waals surface area contributed by atoms with Crippen molar-refractivity contribution >= 4 is 22.7 Å². The van der Waals surface area contributed by atoms with Crippen LogP contribution >= 0.6 is 12.6 Å². The smallest absolute Gasteiger partial charge is 0.282 e. The average molecular weight is 204 g/mol. The number of hydrogen-bond donors (Lipinski definition) is 2. The second-order valence-electron chi connectivity index (χ2n) is 2.42. The van der Waals surface area contributed by atoms with Crippen molar-refractivity contribution in [3.8, 4) is 0 Å². The summed E-state index contributed by atoms with van der Waals surface area (Å²) in [6, 6.07) is 4.24. The first kappa shape index (κ1) is 9.57. The molecular formula is C7H8O3S2. The van der Waals surface area contributed by atoms with Crippen LogP contribution in [0.25, 0.3) is 0 Å². The quantitative estimate of drug-likeness (QED) is 0.539. The lowest BCUT2D eigenvalue weighted by Gasteiger charge is -2.00. The third-order valence-corrected chi connectivity index (χ3v) is 2.81. The Kier molecular flexibility index (Phi) is 2.46. The van der Waals surface area contributed by atoms with Crippen LogP contribution in [0.5, 0.6) is 0 Å². The largest absolute Gasteiger partial charge is 0.294 e. The predicted octanol–water partition coefficient (Wildman–Crippen LogP) is 1.53. The Morgan fingerprint density at radius 3 is 2.42 bits per heavy atom. The number of hydrogen-bond acceptors (Lipinski definition) is 3. The Bertz CT molecular complexity index is 395. The molecule has 0 heterocycles. The third kappa shape index (κ3) is 2.00. The molecule has 1 aromatic rings. The average Bonchev–Trinajstić information content (AvgIpc) is 1.92. The maximum Gasteiger partial charge on any atom is 0.294 e. The van der Waals surface area contributed by atoms with E-state index in [9.17, 15) is 8.42 Å². The van der Waals surface area contributed by atoms with Crippen molar-refractivity contribution in [2.75, 3.05) is 0 Å². The lowest BCUT2D eigenvalue weighted by molar-refractivity contribution is 0.483. The van der Waals surface area contributed by atoms with Gasteiger partial charge in [-0.05, 0) is 24.6 Å². The molecule has 1 rings (SSSR count). The van der Waals surface area contributed by atoms with Gasteiger partial charge in [0, 0.05) is 4.90 Å². The molecule has 0 aliphatic carbocycles. The van der Waals surface area contributed by atoms with E-state index in [4.69, 9.17) is 4.55 Å². The first-order valence-corrected chi connectivity index (χ1v) is 5.07. The van der Waals surface area contributed by atoms with Gasteiger partial charge < -0.3 is 0 Å². The lowest BCUT2D eigenvalue weighted by Crippen LogP contribution is -1.97. The molecule has 66 valence electrons. The fraction of sp³-hybridized carbons (Fsp3) is 0.143. The molecule has 5 heteroatoms. The Hall–Kier alpha value is -0.520. The fourth-order valence-corrected chi connectivity index (χ4v) is 1.56. The highest BCUT2D eigenvalue weighted by Gasteiger charge is 2.09. The Morgan fingerprint density at radius 1 is 1.42 bits per heavy atom. The summed E-state index contributed by atoms with van der Waals surface area (Å²) < 4.78 is 29.9. The van der Waals surface area contributed by atoms with Crippen LogP contribution in [0, 0.1) is 6.92 Å². The molecular weight excluding hydrogens is 196 g/mol. The zero-order chi connectivity index (χ0) is 9.35. The second kappa shape index (κ2) is 3.08. The van der Waals surface area contributed by atoms with Gasteiger partial charge in [0.05, 0.1) is 4.90 Å². The van der Waals surface area contributed by atoms with E-state index < -0.39 is 10.1 Å². The third-order valence-electron chi connectivity index (χ3n) is 1.48. The van der Waals surface area contributed by atoms with E-state index in [0.717, 1.165) is 5.56 Å². The number of rotatable bonds is 1. The van der Waals surface area contributed by atoms with Crippen molar-refractivity contribution in [3.05, 3.63) is 23.8 Å². The van der Waals surface area contributed by atoms with Gasteiger partial charge in [-0.3, -0.25) is 4.55 Å². The number of aryl methyl sites for hydroxylation is 1. The molecule has 0 saturated carbocycles. The van der Waals surface area contributed by atoms with E-state index in [-0.39, 0.29) is 4.90 Å². The van der Waals surface area contributed by atoms with Crippen molar-refractivity contribution in [3.63, 3.8) is 0 Å². The van der Waals surface area contributed by atoms with E-state index >= 15 is 0 Å². The maximum atomic E-state index is 10.6. The zero-order valence-electron chi connectivity index (χ0n) is 6.35. The summed E-state index contributed by atoms with van der Waals surface area (Å²) in [5.41, 5.74) is 0.866. The molecule has 0 amide bonds. The van der Waals surface area contributed by atoms with Crippen LogP contribution in [0.1, 0.15) is 5.56 Å². The summed E-state index contributed by atoms with van der Waals surface area (Å²) >= 11 is 4.02. The van der Waals surface area contributed by atoms with Crippen molar-refractivity contribution in [2.24, 2.45) is 0 Å². The molecule has 0 spiro atoms. The Balaban J connectivity index is 3.33. The van der Waals surface area contributed by atoms with E-state index in [1.807, 2.05) is 0 Å². The fourth-order valence-electron chi connectivity index (χ4n) is 0.750. The summed E-state index contributed by atoms with van der Waals surface area (Å²) in [5.74, 6) is 0.